The van der Waals surface area contributed by atoms with Crippen LogP contribution in [0.4, 0.5) is 0 Å². The number of rotatable bonds is 7. The second kappa shape index (κ2) is 11.6. The van der Waals surface area contributed by atoms with Crippen LogP contribution in [-0.2, 0) is 20.4 Å². The molecule has 7 heteroatoms. The summed E-state index contributed by atoms with van der Waals surface area (Å²) in [4.78, 5) is 19.3. The van der Waals surface area contributed by atoms with Crippen LogP contribution in [-0.4, -0.2) is 41.6 Å². The van der Waals surface area contributed by atoms with Crippen LogP contribution < -0.4 is 9.92 Å². The highest BCUT2D eigenvalue weighted by atomic mass is 28.3. The molecule has 2 aromatic rings. The molecule has 0 amide bonds. The van der Waals surface area contributed by atoms with E-state index >= 15 is 0 Å². The Hall–Kier alpha value is -2.80. The Morgan fingerprint density at radius 1 is 0.824 bits per heavy atom. The van der Waals surface area contributed by atoms with Crippen molar-refractivity contribution in [1.82, 2.24) is 0 Å². The van der Waals surface area contributed by atoms with Crippen molar-refractivity contribution in [3.63, 3.8) is 0 Å². The van der Waals surface area contributed by atoms with Gasteiger partial charge in [0, 0.05) is 11.1 Å². The molecule has 0 fully saturated rings. The highest BCUT2D eigenvalue weighted by molar-refractivity contribution is 6.89. The van der Waals surface area contributed by atoms with Crippen LogP contribution in [0.5, 0.6) is 11.5 Å². The van der Waals surface area contributed by atoms with E-state index in [4.69, 9.17) is 14.9 Å². The van der Waals surface area contributed by atoms with Crippen LogP contribution in [0.3, 0.4) is 0 Å². The Morgan fingerprint density at radius 3 is 1.59 bits per heavy atom. The van der Waals surface area contributed by atoms with Crippen molar-refractivity contribution in [3.05, 3.63) is 53.6 Å². The number of ether oxygens (including phenoxy) is 1. The van der Waals surface area contributed by atoms with Gasteiger partial charge in [0.05, 0.1) is 19.1 Å². The van der Waals surface area contributed by atoms with Gasteiger partial charge in [-0.25, -0.2) is 0 Å². The van der Waals surface area contributed by atoms with E-state index in [0.29, 0.717) is 5.75 Å². The highest BCUT2D eigenvalue weighted by Crippen LogP contribution is 2.41. The third-order valence-electron chi connectivity index (χ3n) is 5.41. The molecular weight excluding hydrogens is 448 g/mol. The quantitative estimate of drug-likeness (QED) is 0.447. The number of carboxylic acid groups (broad SMARTS) is 2. The van der Waals surface area contributed by atoms with Gasteiger partial charge in [-0.05, 0) is 23.0 Å². The summed E-state index contributed by atoms with van der Waals surface area (Å²) in [7, 11) is -1.69. The minimum atomic E-state index is -1.69. The second-order valence-electron chi connectivity index (χ2n) is 11.2. The lowest BCUT2D eigenvalue weighted by Crippen LogP contribution is -2.47. The molecule has 0 aliphatic carbocycles. The minimum absolute atomic E-state index is 0.143. The molecule has 0 atom stereocenters. The average molecular weight is 489 g/mol. The largest absolute Gasteiger partial charge is 0.507 e. The zero-order chi connectivity index (χ0) is 26.3. The molecule has 0 spiro atoms. The number of carbonyl (C=O) groups is 2. The van der Waals surface area contributed by atoms with E-state index in [1.54, 1.807) is 0 Å². The smallest absolute Gasteiger partial charge is 0.303 e. The van der Waals surface area contributed by atoms with E-state index in [1.807, 2.05) is 12.1 Å². The summed E-state index contributed by atoms with van der Waals surface area (Å²) in [5.74, 6) is -0.897. The lowest BCUT2D eigenvalue weighted by atomic mass is 9.79. The van der Waals surface area contributed by atoms with E-state index in [2.05, 4.69) is 85.0 Å². The third-order valence-corrected chi connectivity index (χ3v) is 8.17. The Balaban J connectivity index is 0.000000620. The van der Waals surface area contributed by atoms with Crippen molar-refractivity contribution >= 4 is 25.2 Å². The first kappa shape index (κ1) is 29.2. The maximum Gasteiger partial charge on any atom is 0.303 e. The van der Waals surface area contributed by atoms with Gasteiger partial charge in [0.1, 0.15) is 19.6 Å². The molecule has 6 nitrogen and oxygen atoms in total. The van der Waals surface area contributed by atoms with Crippen molar-refractivity contribution in [2.75, 3.05) is 6.23 Å². The summed E-state index contributed by atoms with van der Waals surface area (Å²) in [6.45, 7) is 17.4. The third kappa shape index (κ3) is 9.21. The van der Waals surface area contributed by atoms with Gasteiger partial charge in [0.2, 0.25) is 0 Å². The number of phenols is 1. The fourth-order valence-corrected chi connectivity index (χ4v) is 5.07. The number of hydrogen-bond acceptors (Lipinski definition) is 4. The van der Waals surface area contributed by atoms with E-state index in [-0.39, 0.29) is 23.7 Å². The standard InChI is InChI=1S/C23H34O2Si.C4H6O4/c1-22(2,3)19-14-17(15-20(21(19)24)23(4,5)6)25-16-26(7,8)18-12-10-9-11-13-18;5-3(6)1-2-4(7)8/h9-15,24H,16H2,1-8H3;1-2H2,(H,5,6)(H,7,8). The van der Waals surface area contributed by atoms with Crippen LogP contribution in [0.2, 0.25) is 13.1 Å². The maximum atomic E-state index is 10.8. The molecule has 3 N–H and O–H groups in total. The van der Waals surface area contributed by atoms with Gasteiger partial charge in [0.15, 0.2) is 0 Å². The lowest BCUT2D eigenvalue weighted by Gasteiger charge is -2.29. The Kier molecular flexibility index (Phi) is 9.93. The molecule has 0 unspecified atom stereocenters. The van der Waals surface area contributed by atoms with Crippen LogP contribution in [0, 0.1) is 0 Å². The summed E-state index contributed by atoms with van der Waals surface area (Å²) in [6, 6.07) is 14.7. The van der Waals surface area contributed by atoms with Crippen molar-refractivity contribution < 1.29 is 29.6 Å². The maximum absolute atomic E-state index is 10.8. The zero-order valence-electron chi connectivity index (χ0n) is 21.7. The molecule has 0 aliphatic heterocycles. The van der Waals surface area contributed by atoms with Crippen LogP contribution in [0.15, 0.2) is 42.5 Å². The molecule has 34 heavy (non-hydrogen) atoms. The highest BCUT2D eigenvalue weighted by Gasteiger charge is 2.28. The molecule has 2 rings (SSSR count). The van der Waals surface area contributed by atoms with Gasteiger partial charge in [-0.1, -0.05) is 90.2 Å². The molecule has 188 valence electrons. The summed E-state index contributed by atoms with van der Waals surface area (Å²) in [5.41, 5.74) is 1.60. The van der Waals surface area contributed by atoms with Gasteiger partial charge >= 0.3 is 11.9 Å². The van der Waals surface area contributed by atoms with Crippen LogP contribution in [0.25, 0.3) is 0 Å². The van der Waals surface area contributed by atoms with Crippen LogP contribution >= 0.6 is 0 Å². The summed E-state index contributed by atoms with van der Waals surface area (Å²) in [5, 5.41) is 28.0. The monoisotopic (exact) mass is 488 g/mol. The molecule has 0 bridgehead atoms. The number of phenolic OH excluding ortho intramolecular Hbond substituents is 1. The fourth-order valence-electron chi connectivity index (χ4n) is 3.29. The van der Waals surface area contributed by atoms with Crippen molar-refractivity contribution in [3.8, 4) is 11.5 Å². The Morgan fingerprint density at radius 2 is 1.24 bits per heavy atom. The number of aromatic hydroxyl groups is 1. The number of carboxylic acids is 2. The summed E-state index contributed by atoms with van der Waals surface area (Å²) < 4.78 is 6.30. The van der Waals surface area contributed by atoms with E-state index in [1.165, 1.54) is 5.19 Å². The van der Waals surface area contributed by atoms with Crippen LogP contribution in [0.1, 0.15) is 65.5 Å². The van der Waals surface area contributed by atoms with Crippen molar-refractivity contribution in [1.29, 1.82) is 0 Å². The van der Waals surface area contributed by atoms with Crippen molar-refractivity contribution in [2.24, 2.45) is 0 Å². The first-order chi connectivity index (χ1) is 15.4. The minimum Gasteiger partial charge on any atom is -0.507 e. The average Bonchev–Trinajstić information content (AvgIpc) is 2.71. The van der Waals surface area contributed by atoms with Gasteiger partial charge in [-0.15, -0.1) is 0 Å². The van der Waals surface area contributed by atoms with Gasteiger partial charge in [0.25, 0.3) is 0 Å². The first-order valence-electron chi connectivity index (χ1n) is 11.4. The summed E-state index contributed by atoms with van der Waals surface area (Å²) >= 11 is 0. The molecule has 0 aromatic heterocycles. The van der Waals surface area contributed by atoms with E-state index < -0.39 is 20.0 Å². The Bertz CT molecular complexity index is 920. The molecular formula is C27H40O6Si. The SMILES string of the molecule is CC(C)(C)c1cc(OC[Si](C)(C)c2ccccc2)cc(C(C)(C)C)c1O.O=C(O)CCC(=O)O. The lowest BCUT2D eigenvalue weighted by molar-refractivity contribution is -0.143. The Labute approximate surface area is 204 Å². The number of aliphatic carboxylic acids is 2. The zero-order valence-corrected chi connectivity index (χ0v) is 22.7. The first-order valence-corrected chi connectivity index (χ1v) is 14.7. The van der Waals surface area contributed by atoms with E-state index in [0.717, 1.165) is 23.1 Å². The number of hydrogen-bond donors (Lipinski definition) is 3. The molecule has 0 saturated heterocycles. The number of benzene rings is 2. The topological polar surface area (TPSA) is 104 Å². The van der Waals surface area contributed by atoms with Gasteiger partial charge in [-0.2, -0.15) is 0 Å². The molecule has 0 heterocycles. The molecule has 0 radical (unpaired) electrons. The normalized spacial score (nSPS) is 11.9. The molecule has 0 aliphatic rings. The second-order valence-corrected chi connectivity index (χ2v) is 15.8. The fraction of sp³-hybridized carbons (Fsp3) is 0.481. The van der Waals surface area contributed by atoms with Crippen molar-refractivity contribution in [2.45, 2.75) is 78.3 Å². The summed E-state index contributed by atoms with van der Waals surface area (Å²) in [6.07, 6.45) is 0.125. The predicted octanol–water partition coefficient (Wildman–Crippen LogP) is 5.46. The van der Waals surface area contributed by atoms with Gasteiger partial charge in [-0.3, -0.25) is 9.59 Å². The predicted molar refractivity (Wildman–Crippen MR) is 139 cm³/mol. The van der Waals surface area contributed by atoms with E-state index in [9.17, 15) is 14.7 Å². The molecule has 0 saturated carbocycles. The molecule has 2 aromatic carbocycles. The van der Waals surface area contributed by atoms with Gasteiger partial charge < -0.3 is 20.1 Å².